The average Bonchev–Trinajstić information content (AvgIpc) is 2.90. The fourth-order valence-electron chi connectivity index (χ4n) is 5.46. The van der Waals surface area contributed by atoms with Crippen molar-refractivity contribution in [3.8, 4) is 11.5 Å². The van der Waals surface area contributed by atoms with Crippen LogP contribution >= 0.6 is 0 Å². The lowest BCUT2D eigenvalue weighted by Gasteiger charge is -2.39. The third-order valence-corrected chi connectivity index (χ3v) is 7.74. The van der Waals surface area contributed by atoms with E-state index in [9.17, 15) is 12.8 Å². The molecule has 0 spiro atoms. The fraction of sp³-hybridized carbons (Fsp3) is 0.379. The van der Waals surface area contributed by atoms with E-state index in [2.05, 4.69) is 21.9 Å². The number of anilines is 1. The van der Waals surface area contributed by atoms with Crippen LogP contribution in [0.15, 0.2) is 66.7 Å². The van der Waals surface area contributed by atoms with Crippen LogP contribution in [0.5, 0.6) is 11.5 Å². The number of hydrogen-bond donors (Lipinski definition) is 1. The number of piperidine rings is 1. The second-order valence-corrected chi connectivity index (χ2v) is 11.1. The molecule has 0 saturated carbocycles. The Balaban J connectivity index is 1.33. The van der Waals surface area contributed by atoms with E-state index in [1.807, 2.05) is 18.2 Å². The van der Waals surface area contributed by atoms with Crippen molar-refractivity contribution < 1.29 is 21.7 Å². The maximum Gasteiger partial charge on any atom is 0.380 e. The normalized spacial score (nSPS) is 18.2. The van der Waals surface area contributed by atoms with Gasteiger partial charge in [0.2, 0.25) is 0 Å². The number of benzene rings is 3. The number of fused-ring (bicyclic) bond motifs is 1. The summed E-state index contributed by atoms with van der Waals surface area (Å²) in [5.74, 6) is 0.782. The van der Waals surface area contributed by atoms with Crippen LogP contribution in [0.3, 0.4) is 0 Å². The van der Waals surface area contributed by atoms with Gasteiger partial charge in [-0.3, -0.25) is 4.90 Å². The predicted molar refractivity (Wildman–Crippen MR) is 146 cm³/mol. The minimum Gasteiger partial charge on any atom is -0.492 e. The minimum absolute atomic E-state index is 0.0291. The van der Waals surface area contributed by atoms with Crippen molar-refractivity contribution in [2.75, 3.05) is 37.7 Å². The van der Waals surface area contributed by atoms with Gasteiger partial charge in [0.15, 0.2) is 0 Å². The molecule has 38 heavy (non-hydrogen) atoms. The van der Waals surface area contributed by atoms with Crippen LogP contribution in [0.1, 0.15) is 42.0 Å². The molecule has 1 fully saturated rings. The van der Waals surface area contributed by atoms with Crippen LogP contribution in [0, 0.1) is 5.82 Å². The molecule has 5 rings (SSSR count). The molecule has 7 nitrogen and oxygen atoms in total. The SMILES string of the molecule is NS(=O)(=O)Oc1ccc2c(c1)CCN(c1ccc(F)cc1)C2Cc1ccc(OCCN2CCCCC2)cc1. The summed E-state index contributed by atoms with van der Waals surface area (Å²) in [5.41, 5.74) is 4.16. The topological polar surface area (TPSA) is 85.1 Å². The van der Waals surface area contributed by atoms with Crippen LogP contribution in [0.4, 0.5) is 10.1 Å². The summed E-state index contributed by atoms with van der Waals surface area (Å²) in [6, 6.07) is 20.0. The van der Waals surface area contributed by atoms with E-state index in [4.69, 9.17) is 14.1 Å². The Morgan fingerprint density at radius 1 is 0.895 bits per heavy atom. The predicted octanol–water partition coefficient (Wildman–Crippen LogP) is 4.62. The van der Waals surface area contributed by atoms with Crippen LogP contribution in [0.25, 0.3) is 0 Å². The first kappa shape index (κ1) is 26.5. The largest absolute Gasteiger partial charge is 0.492 e. The van der Waals surface area contributed by atoms with Crippen molar-refractivity contribution in [3.63, 3.8) is 0 Å². The first-order valence-corrected chi connectivity index (χ1v) is 14.6. The third kappa shape index (κ3) is 6.83. The highest BCUT2D eigenvalue weighted by Crippen LogP contribution is 2.38. The summed E-state index contributed by atoms with van der Waals surface area (Å²) >= 11 is 0. The lowest BCUT2D eigenvalue weighted by atomic mass is 9.88. The molecule has 1 atom stereocenters. The van der Waals surface area contributed by atoms with Crippen LogP contribution in [-0.2, 0) is 23.1 Å². The number of ether oxygens (including phenoxy) is 1. The molecular formula is C29H34FN3O4S. The molecule has 1 unspecified atom stereocenters. The zero-order valence-electron chi connectivity index (χ0n) is 21.4. The number of nitrogens with zero attached hydrogens (tertiary/aromatic N) is 2. The lowest BCUT2D eigenvalue weighted by Crippen LogP contribution is -2.36. The molecule has 0 radical (unpaired) electrons. The number of likely N-dealkylation sites (tertiary alicyclic amines) is 1. The smallest absolute Gasteiger partial charge is 0.380 e. The monoisotopic (exact) mass is 539 g/mol. The maximum atomic E-state index is 13.6. The van der Waals surface area contributed by atoms with Gasteiger partial charge in [0.25, 0.3) is 0 Å². The van der Waals surface area contributed by atoms with Crippen molar-refractivity contribution in [3.05, 3.63) is 89.2 Å². The van der Waals surface area contributed by atoms with Gasteiger partial charge < -0.3 is 13.8 Å². The van der Waals surface area contributed by atoms with E-state index in [0.29, 0.717) is 26.0 Å². The second kappa shape index (κ2) is 11.7. The van der Waals surface area contributed by atoms with Gasteiger partial charge in [-0.1, -0.05) is 24.6 Å². The number of hydrogen-bond acceptors (Lipinski definition) is 6. The molecule has 3 aromatic rings. The van der Waals surface area contributed by atoms with Crippen molar-refractivity contribution in [2.45, 2.75) is 38.1 Å². The quantitative estimate of drug-likeness (QED) is 0.427. The Hall–Kier alpha value is -3.14. The first-order chi connectivity index (χ1) is 18.3. The molecule has 1 saturated heterocycles. The highest BCUT2D eigenvalue weighted by Gasteiger charge is 2.28. The Bertz CT molecular complexity index is 1330. The summed E-state index contributed by atoms with van der Waals surface area (Å²) in [6.45, 7) is 4.64. The fourth-order valence-corrected chi connectivity index (χ4v) is 5.83. The third-order valence-electron chi connectivity index (χ3n) is 7.32. The highest BCUT2D eigenvalue weighted by atomic mass is 32.2. The van der Waals surface area contributed by atoms with Crippen molar-refractivity contribution in [1.29, 1.82) is 0 Å². The molecule has 0 amide bonds. The summed E-state index contributed by atoms with van der Waals surface area (Å²) in [5, 5.41) is 5.06. The molecule has 0 aliphatic carbocycles. The van der Waals surface area contributed by atoms with Crippen LogP contribution in [0.2, 0.25) is 0 Å². The van der Waals surface area contributed by atoms with Gasteiger partial charge >= 0.3 is 10.3 Å². The summed E-state index contributed by atoms with van der Waals surface area (Å²) in [4.78, 5) is 4.73. The minimum atomic E-state index is -4.10. The number of rotatable bonds is 9. The number of nitrogens with two attached hydrogens (primary N) is 1. The van der Waals surface area contributed by atoms with Crippen molar-refractivity contribution in [2.24, 2.45) is 5.14 Å². The standard InChI is InChI=1S/C29H34FN3O4S/c30-24-6-8-25(9-7-24)33-17-14-23-21-27(37-38(31,34)35)12-13-28(23)29(33)20-22-4-10-26(11-5-22)36-19-18-32-15-2-1-3-16-32/h4-13,21,29H,1-3,14-20H2,(H2,31,34,35). The molecule has 2 aliphatic heterocycles. The van der Waals surface area contributed by atoms with Gasteiger partial charge in [0, 0.05) is 18.8 Å². The van der Waals surface area contributed by atoms with E-state index < -0.39 is 10.3 Å². The molecule has 0 aromatic heterocycles. The van der Waals surface area contributed by atoms with E-state index in [0.717, 1.165) is 47.8 Å². The van der Waals surface area contributed by atoms with Gasteiger partial charge in [-0.2, -0.15) is 13.6 Å². The summed E-state index contributed by atoms with van der Waals surface area (Å²) < 4.78 is 47.4. The average molecular weight is 540 g/mol. The van der Waals surface area contributed by atoms with E-state index in [1.54, 1.807) is 24.3 Å². The van der Waals surface area contributed by atoms with Crippen molar-refractivity contribution in [1.82, 2.24) is 4.90 Å². The maximum absolute atomic E-state index is 13.6. The molecule has 2 heterocycles. The zero-order chi connectivity index (χ0) is 26.5. The molecule has 9 heteroatoms. The van der Waals surface area contributed by atoms with Gasteiger partial charge in [0.05, 0.1) is 6.04 Å². The summed E-state index contributed by atoms with van der Waals surface area (Å²) in [6.07, 6.45) is 5.28. The Labute approximate surface area is 224 Å². The van der Waals surface area contributed by atoms with E-state index >= 15 is 0 Å². The van der Waals surface area contributed by atoms with Gasteiger partial charge in [-0.25, -0.2) is 4.39 Å². The molecule has 2 N–H and O–H groups in total. The second-order valence-electron chi connectivity index (χ2n) is 9.97. The highest BCUT2D eigenvalue weighted by molar-refractivity contribution is 7.84. The lowest BCUT2D eigenvalue weighted by molar-refractivity contribution is 0.183. The first-order valence-electron chi connectivity index (χ1n) is 13.2. The molecule has 202 valence electrons. The van der Waals surface area contributed by atoms with Gasteiger partial charge in [-0.15, -0.1) is 0 Å². The Morgan fingerprint density at radius 2 is 1.61 bits per heavy atom. The molecule has 0 bridgehead atoms. The Morgan fingerprint density at radius 3 is 2.32 bits per heavy atom. The molecule has 3 aromatic carbocycles. The van der Waals surface area contributed by atoms with E-state index in [-0.39, 0.29) is 17.6 Å². The molecular weight excluding hydrogens is 505 g/mol. The number of halogens is 1. The van der Waals surface area contributed by atoms with Gasteiger partial charge in [-0.05, 0) is 104 Å². The Kier molecular flexibility index (Phi) is 8.16. The summed E-state index contributed by atoms with van der Waals surface area (Å²) in [7, 11) is -4.10. The zero-order valence-corrected chi connectivity index (χ0v) is 22.2. The van der Waals surface area contributed by atoms with Crippen molar-refractivity contribution >= 4 is 16.0 Å². The van der Waals surface area contributed by atoms with Crippen LogP contribution < -0.4 is 19.0 Å². The molecule has 2 aliphatic rings. The van der Waals surface area contributed by atoms with Crippen LogP contribution in [-0.4, -0.2) is 46.1 Å². The van der Waals surface area contributed by atoms with Gasteiger partial charge in [0.1, 0.15) is 23.9 Å². The van der Waals surface area contributed by atoms with E-state index in [1.165, 1.54) is 31.4 Å².